The minimum Gasteiger partial charge on any atom is -0.399 e. The molecule has 4 heteroatoms. The van der Waals surface area contributed by atoms with Gasteiger partial charge in [-0.3, -0.25) is 4.79 Å². The quantitative estimate of drug-likeness (QED) is 0.871. The van der Waals surface area contributed by atoms with Crippen molar-refractivity contribution in [2.24, 2.45) is 0 Å². The number of hydrogen-bond acceptors (Lipinski definition) is 2. The fourth-order valence-electron chi connectivity index (χ4n) is 2.15. The van der Waals surface area contributed by atoms with Crippen LogP contribution in [-0.4, -0.2) is 12.5 Å². The predicted molar refractivity (Wildman–Crippen MR) is 79.3 cm³/mol. The van der Waals surface area contributed by atoms with Gasteiger partial charge in [-0.2, -0.15) is 0 Å². The van der Waals surface area contributed by atoms with Gasteiger partial charge in [0.05, 0.1) is 0 Å². The van der Waals surface area contributed by atoms with Gasteiger partial charge in [-0.05, 0) is 55.8 Å². The van der Waals surface area contributed by atoms with Gasteiger partial charge in [-0.1, -0.05) is 6.07 Å². The molecule has 1 amide bonds. The van der Waals surface area contributed by atoms with Gasteiger partial charge in [0.15, 0.2) is 0 Å². The molecule has 0 fully saturated rings. The van der Waals surface area contributed by atoms with E-state index in [0.717, 1.165) is 5.69 Å². The molecule has 0 saturated carbocycles. The maximum atomic E-state index is 13.1. The first-order valence-corrected chi connectivity index (χ1v) is 6.46. The van der Waals surface area contributed by atoms with Crippen molar-refractivity contribution in [3.05, 3.63) is 59.4 Å². The van der Waals surface area contributed by atoms with Gasteiger partial charge in [-0.15, -0.1) is 0 Å². The van der Waals surface area contributed by atoms with Crippen molar-refractivity contribution in [2.45, 2.75) is 13.8 Å². The summed E-state index contributed by atoms with van der Waals surface area (Å²) in [7, 11) is 0. The van der Waals surface area contributed by atoms with Gasteiger partial charge < -0.3 is 10.6 Å². The van der Waals surface area contributed by atoms with Crippen molar-refractivity contribution in [3.63, 3.8) is 0 Å². The molecule has 2 N–H and O–H groups in total. The molecule has 0 radical (unpaired) electrons. The largest absolute Gasteiger partial charge is 0.399 e. The van der Waals surface area contributed by atoms with E-state index < -0.39 is 0 Å². The Bertz CT molecular complexity index is 640. The van der Waals surface area contributed by atoms with E-state index in [1.807, 2.05) is 13.0 Å². The molecule has 0 saturated heterocycles. The summed E-state index contributed by atoms with van der Waals surface area (Å²) in [6.07, 6.45) is 0. The van der Waals surface area contributed by atoms with E-state index in [1.54, 1.807) is 30.0 Å². The number of halogens is 1. The Kier molecular flexibility index (Phi) is 4.03. The molecule has 2 aromatic rings. The first-order valence-electron chi connectivity index (χ1n) is 6.46. The normalized spacial score (nSPS) is 10.3. The van der Waals surface area contributed by atoms with Crippen molar-refractivity contribution < 1.29 is 9.18 Å². The van der Waals surface area contributed by atoms with Crippen LogP contribution < -0.4 is 10.6 Å². The third-order valence-electron chi connectivity index (χ3n) is 3.16. The van der Waals surface area contributed by atoms with Crippen LogP contribution in [0.15, 0.2) is 42.5 Å². The molecule has 0 aromatic heterocycles. The standard InChI is InChI=1S/C16H17FN2O/c1-3-19(14-6-4-5-13(18)10-14)16(20)15-8-7-12(17)9-11(15)2/h4-10H,3,18H2,1-2H3. The molecule has 3 nitrogen and oxygen atoms in total. The van der Waals surface area contributed by atoms with Crippen molar-refractivity contribution in [2.75, 3.05) is 17.2 Å². The molecule has 0 spiro atoms. The van der Waals surface area contributed by atoms with Crippen molar-refractivity contribution >= 4 is 17.3 Å². The van der Waals surface area contributed by atoms with Crippen LogP contribution in [0.4, 0.5) is 15.8 Å². The summed E-state index contributed by atoms with van der Waals surface area (Å²) in [4.78, 5) is 14.2. The number of amides is 1. The van der Waals surface area contributed by atoms with Gasteiger partial charge in [0.2, 0.25) is 0 Å². The Hall–Kier alpha value is -2.36. The van der Waals surface area contributed by atoms with Crippen molar-refractivity contribution in [1.82, 2.24) is 0 Å². The number of hydrogen-bond donors (Lipinski definition) is 1. The van der Waals surface area contributed by atoms with Crippen LogP contribution in [0.3, 0.4) is 0 Å². The second-order valence-electron chi connectivity index (χ2n) is 4.60. The average molecular weight is 272 g/mol. The van der Waals surface area contributed by atoms with E-state index >= 15 is 0 Å². The number of carbonyl (C=O) groups excluding carboxylic acids is 1. The van der Waals surface area contributed by atoms with E-state index in [2.05, 4.69) is 0 Å². The number of anilines is 2. The highest BCUT2D eigenvalue weighted by Crippen LogP contribution is 2.21. The van der Waals surface area contributed by atoms with Gasteiger partial charge in [0, 0.05) is 23.5 Å². The van der Waals surface area contributed by atoms with Gasteiger partial charge in [0.25, 0.3) is 5.91 Å². The maximum absolute atomic E-state index is 13.1. The third-order valence-corrected chi connectivity index (χ3v) is 3.16. The summed E-state index contributed by atoms with van der Waals surface area (Å²) in [6.45, 7) is 4.13. The first kappa shape index (κ1) is 14.1. The zero-order valence-electron chi connectivity index (χ0n) is 11.6. The summed E-state index contributed by atoms with van der Waals surface area (Å²) in [5.74, 6) is -0.498. The van der Waals surface area contributed by atoms with E-state index in [4.69, 9.17) is 5.73 Å². The second kappa shape index (κ2) is 5.74. The molecule has 0 aliphatic heterocycles. The Morgan fingerprint density at radius 1 is 1.25 bits per heavy atom. The molecule has 0 heterocycles. The van der Waals surface area contributed by atoms with Crippen LogP contribution in [-0.2, 0) is 0 Å². The average Bonchev–Trinajstić information content (AvgIpc) is 2.39. The topological polar surface area (TPSA) is 46.3 Å². The van der Waals surface area contributed by atoms with Crippen molar-refractivity contribution in [1.29, 1.82) is 0 Å². The zero-order chi connectivity index (χ0) is 14.7. The lowest BCUT2D eigenvalue weighted by Gasteiger charge is -2.22. The Morgan fingerprint density at radius 3 is 2.60 bits per heavy atom. The number of carbonyl (C=O) groups is 1. The van der Waals surface area contributed by atoms with E-state index in [-0.39, 0.29) is 11.7 Å². The van der Waals surface area contributed by atoms with Gasteiger partial charge in [0.1, 0.15) is 5.82 Å². The molecule has 0 atom stereocenters. The minimum absolute atomic E-state index is 0.157. The second-order valence-corrected chi connectivity index (χ2v) is 4.60. The Balaban J connectivity index is 2.39. The number of rotatable bonds is 3. The molecule has 2 rings (SSSR count). The van der Waals surface area contributed by atoms with Crippen LogP contribution in [0.25, 0.3) is 0 Å². The smallest absolute Gasteiger partial charge is 0.258 e. The monoisotopic (exact) mass is 272 g/mol. The number of benzene rings is 2. The number of nitrogens with two attached hydrogens (primary N) is 1. The Morgan fingerprint density at radius 2 is 2.00 bits per heavy atom. The lowest BCUT2D eigenvalue weighted by atomic mass is 10.1. The molecule has 0 aliphatic carbocycles. The fraction of sp³-hybridized carbons (Fsp3) is 0.188. The molecule has 20 heavy (non-hydrogen) atoms. The summed E-state index contributed by atoms with van der Waals surface area (Å²) < 4.78 is 13.1. The third kappa shape index (κ3) is 2.79. The predicted octanol–water partition coefficient (Wildman–Crippen LogP) is 3.38. The lowest BCUT2D eigenvalue weighted by molar-refractivity contribution is 0.0987. The van der Waals surface area contributed by atoms with Crippen LogP contribution in [0.1, 0.15) is 22.8 Å². The Labute approximate surface area is 117 Å². The molecule has 0 aliphatic rings. The van der Waals surface area contributed by atoms with Gasteiger partial charge >= 0.3 is 0 Å². The van der Waals surface area contributed by atoms with Gasteiger partial charge in [-0.25, -0.2) is 4.39 Å². The van der Waals surface area contributed by atoms with E-state index in [9.17, 15) is 9.18 Å². The van der Waals surface area contributed by atoms with Crippen LogP contribution in [0, 0.1) is 12.7 Å². The van der Waals surface area contributed by atoms with E-state index in [1.165, 1.54) is 18.2 Å². The number of aryl methyl sites for hydroxylation is 1. The summed E-state index contributed by atoms with van der Waals surface area (Å²) in [6, 6.07) is 11.3. The molecule has 2 aromatic carbocycles. The molecule has 0 unspecified atom stereocenters. The number of nitrogen functional groups attached to an aromatic ring is 1. The highest BCUT2D eigenvalue weighted by molar-refractivity contribution is 6.07. The lowest BCUT2D eigenvalue weighted by Crippen LogP contribution is -2.31. The fourth-order valence-corrected chi connectivity index (χ4v) is 2.15. The first-order chi connectivity index (χ1) is 9.52. The summed E-state index contributed by atoms with van der Waals surface area (Å²) in [5.41, 5.74) is 8.21. The molecular formula is C16H17FN2O. The highest BCUT2D eigenvalue weighted by atomic mass is 19.1. The molecule has 104 valence electrons. The molecule has 0 bridgehead atoms. The summed E-state index contributed by atoms with van der Waals surface area (Å²) in [5, 5.41) is 0. The maximum Gasteiger partial charge on any atom is 0.258 e. The molecular weight excluding hydrogens is 255 g/mol. The van der Waals surface area contributed by atoms with E-state index in [0.29, 0.717) is 23.4 Å². The zero-order valence-corrected chi connectivity index (χ0v) is 11.6. The SMILES string of the molecule is CCN(C(=O)c1ccc(F)cc1C)c1cccc(N)c1. The highest BCUT2D eigenvalue weighted by Gasteiger charge is 2.18. The van der Waals surface area contributed by atoms with Crippen LogP contribution >= 0.6 is 0 Å². The van der Waals surface area contributed by atoms with Crippen LogP contribution in [0.5, 0.6) is 0 Å². The minimum atomic E-state index is -0.342. The van der Waals surface area contributed by atoms with Crippen molar-refractivity contribution in [3.8, 4) is 0 Å². The number of nitrogens with zero attached hydrogens (tertiary/aromatic N) is 1. The summed E-state index contributed by atoms with van der Waals surface area (Å²) >= 11 is 0. The van der Waals surface area contributed by atoms with Crippen LogP contribution in [0.2, 0.25) is 0 Å².